The van der Waals surface area contributed by atoms with Crippen LogP contribution in [0.25, 0.3) is 0 Å². The lowest BCUT2D eigenvalue weighted by atomic mass is 10.2. The van der Waals surface area contributed by atoms with Gasteiger partial charge in [0.05, 0.1) is 11.4 Å². The van der Waals surface area contributed by atoms with Gasteiger partial charge in [-0.15, -0.1) is 0 Å². The zero-order valence-electron chi connectivity index (χ0n) is 10.8. The number of aromatic amines is 1. The minimum atomic E-state index is -3.48. The van der Waals surface area contributed by atoms with Crippen LogP contribution in [0.1, 0.15) is 30.7 Å². The molecule has 3 N–H and O–H groups in total. The average molecular weight is 272 g/mol. The van der Waals surface area contributed by atoms with Crippen molar-refractivity contribution < 1.29 is 8.42 Å². The monoisotopic (exact) mass is 272 g/mol. The molecule has 7 heteroatoms. The number of aromatic nitrogens is 2. The molecule has 0 aromatic carbocycles. The number of H-pyrrole nitrogens is 1. The van der Waals surface area contributed by atoms with E-state index >= 15 is 0 Å². The summed E-state index contributed by atoms with van der Waals surface area (Å²) in [5, 5.41) is 9.89. The van der Waals surface area contributed by atoms with Crippen molar-refractivity contribution in [1.82, 2.24) is 20.2 Å². The minimum Gasteiger partial charge on any atom is -0.315 e. The molecule has 102 valence electrons. The van der Waals surface area contributed by atoms with Crippen LogP contribution in [-0.2, 0) is 10.0 Å². The van der Waals surface area contributed by atoms with Gasteiger partial charge in [-0.25, -0.2) is 13.1 Å². The SMILES string of the molecule is Cc1n[nH]c(C)c1S(=O)(=O)NC1CCCCNC1. The fraction of sp³-hybridized carbons (Fsp3) is 0.727. The van der Waals surface area contributed by atoms with E-state index in [2.05, 4.69) is 20.2 Å². The van der Waals surface area contributed by atoms with Gasteiger partial charge in [-0.3, -0.25) is 5.10 Å². The molecule has 1 aromatic rings. The van der Waals surface area contributed by atoms with Crippen molar-refractivity contribution in [2.24, 2.45) is 0 Å². The summed E-state index contributed by atoms with van der Waals surface area (Å²) in [4.78, 5) is 0.284. The topological polar surface area (TPSA) is 86.9 Å². The Bertz CT molecular complexity index is 482. The maximum atomic E-state index is 12.3. The van der Waals surface area contributed by atoms with Gasteiger partial charge in [0.2, 0.25) is 10.0 Å². The number of aryl methyl sites for hydroxylation is 2. The van der Waals surface area contributed by atoms with Gasteiger partial charge >= 0.3 is 0 Å². The average Bonchev–Trinajstić information content (AvgIpc) is 2.52. The fourth-order valence-electron chi connectivity index (χ4n) is 2.33. The van der Waals surface area contributed by atoms with E-state index in [1.807, 2.05) is 0 Å². The van der Waals surface area contributed by atoms with Crippen LogP contribution in [0.3, 0.4) is 0 Å². The third kappa shape index (κ3) is 2.90. The van der Waals surface area contributed by atoms with Crippen molar-refractivity contribution in [3.05, 3.63) is 11.4 Å². The molecular weight excluding hydrogens is 252 g/mol. The van der Waals surface area contributed by atoms with Crippen molar-refractivity contribution in [1.29, 1.82) is 0 Å². The molecule has 1 aliphatic rings. The van der Waals surface area contributed by atoms with Crippen molar-refractivity contribution in [3.63, 3.8) is 0 Å². The van der Waals surface area contributed by atoms with Crippen LogP contribution in [0, 0.1) is 13.8 Å². The van der Waals surface area contributed by atoms with Crippen LogP contribution in [0.5, 0.6) is 0 Å². The first-order valence-corrected chi connectivity index (χ1v) is 7.73. The van der Waals surface area contributed by atoms with Gasteiger partial charge in [-0.05, 0) is 33.2 Å². The van der Waals surface area contributed by atoms with E-state index in [1.54, 1.807) is 13.8 Å². The van der Waals surface area contributed by atoms with Crippen molar-refractivity contribution in [2.75, 3.05) is 13.1 Å². The normalized spacial score (nSPS) is 21.8. The summed E-state index contributed by atoms with van der Waals surface area (Å²) in [6.07, 6.45) is 3.02. The molecule has 0 bridgehead atoms. The van der Waals surface area contributed by atoms with E-state index in [9.17, 15) is 8.42 Å². The third-order valence-electron chi connectivity index (χ3n) is 3.20. The van der Waals surface area contributed by atoms with Gasteiger partial charge in [-0.2, -0.15) is 5.10 Å². The summed E-state index contributed by atoms with van der Waals surface area (Å²) < 4.78 is 27.4. The first-order chi connectivity index (χ1) is 8.50. The van der Waals surface area contributed by atoms with Gasteiger partial charge in [-0.1, -0.05) is 6.42 Å². The Balaban J connectivity index is 2.16. The van der Waals surface area contributed by atoms with E-state index < -0.39 is 10.0 Å². The van der Waals surface area contributed by atoms with E-state index in [0.717, 1.165) is 25.8 Å². The van der Waals surface area contributed by atoms with Gasteiger partial charge in [0, 0.05) is 12.6 Å². The molecule has 0 radical (unpaired) electrons. The Kier molecular flexibility index (Phi) is 4.04. The van der Waals surface area contributed by atoms with Crippen LogP contribution in [0.15, 0.2) is 4.90 Å². The van der Waals surface area contributed by atoms with Crippen LogP contribution in [0.4, 0.5) is 0 Å². The summed E-state index contributed by atoms with van der Waals surface area (Å²) in [5.74, 6) is 0. The zero-order valence-corrected chi connectivity index (χ0v) is 11.6. The molecule has 0 spiro atoms. The van der Waals surface area contributed by atoms with Crippen LogP contribution >= 0.6 is 0 Å². The number of sulfonamides is 1. The Labute approximate surface area is 108 Å². The predicted octanol–water partition coefficient (Wildman–Crippen LogP) is 0.447. The van der Waals surface area contributed by atoms with E-state index in [1.165, 1.54) is 0 Å². The van der Waals surface area contributed by atoms with Crippen LogP contribution < -0.4 is 10.0 Å². The molecule has 1 atom stereocenters. The maximum Gasteiger partial charge on any atom is 0.244 e. The fourth-order valence-corrected chi connectivity index (χ4v) is 3.98. The van der Waals surface area contributed by atoms with Crippen molar-refractivity contribution >= 4 is 10.0 Å². The van der Waals surface area contributed by atoms with Gasteiger partial charge in [0.1, 0.15) is 4.90 Å². The molecule has 1 unspecified atom stereocenters. The molecule has 2 heterocycles. The highest BCUT2D eigenvalue weighted by Gasteiger charge is 2.25. The lowest BCUT2D eigenvalue weighted by molar-refractivity contribution is 0.520. The van der Waals surface area contributed by atoms with Crippen LogP contribution in [-0.4, -0.2) is 37.7 Å². The van der Waals surface area contributed by atoms with E-state index in [-0.39, 0.29) is 10.9 Å². The summed E-state index contributed by atoms with van der Waals surface area (Å²) in [6, 6.07) is -0.0359. The second-order valence-electron chi connectivity index (χ2n) is 4.78. The number of hydrogen-bond donors (Lipinski definition) is 3. The molecule has 18 heavy (non-hydrogen) atoms. The Morgan fingerprint density at radius 3 is 2.78 bits per heavy atom. The third-order valence-corrected chi connectivity index (χ3v) is 4.98. The molecule has 2 rings (SSSR count). The summed E-state index contributed by atoms with van der Waals surface area (Å²) >= 11 is 0. The largest absolute Gasteiger partial charge is 0.315 e. The lowest BCUT2D eigenvalue weighted by Crippen LogP contribution is -2.41. The summed E-state index contributed by atoms with van der Waals surface area (Å²) in [7, 11) is -3.48. The second-order valence-corrected chi connectivity index (χ2v) is 6.43. The molecule has 0 saturated carbocycles. The van der Waals surface area contributed by atoms with E-state index in [4.69, 9.17) is 0 Å². The van der Waals surface area contributed by atoms with Gasteiger partial charge in [0.25, 0.3) is 0 Å². The van der Waals surface area contributed by atoms with Gasteiger partial charge in [0.15, 0.2) is 0 Å². The molecule has 1 fully saturated rings. The Morgan fingerprint density at radius 2 is 2.11 bits per heavy atom. The summed E-state index contributed by atoms with van der Waals surface area (Å²) in [5.41, 5.74) is 1.10. The molecule has 6 nitrogen and oxygen atoms in total. The first kappa shape index (κ1) is 13.5. The Hall–Kier alpha value is -0.920. The second kappa shape index (κ2) is 5.38. The predicted molar refractivity (Wildman–Crippen MR) is 68.9 cm³/mol. The quantitative estimate of drug-likeness (QED) is 0.745. The number of rotatable bonds is 3. The zero-order chi connectivity index (χ0) is 13.2. The minimum absolute atomic E-state index is 0.0359. The maximum absolute atomic E-state index is 12.3. The molecule has 1 aromatic heterocycles. The summed E-state index contributed by atoms with van der Waals surface area (Å²) in [6.45, 7) is 5.07. The van der Waals surface area contributed by atoms with Crippen molar-refractivity contribution in [3.8, 4) is 0 Å². The standard InChI is InChI=1S/C11H20N4O2S/c1-8-11(9(2)14-13-8)18(16,17)15-10-5-3-4-6-12-7-10/h10,12,15H,3-7H2,1-2H3,(H,13,14). The molecular formula is C11H20N4O2S. The highest BCUT2D eigenvalue weighted by Crippen LogP contribution is 2.17. The highest BCUT2D eigenvalue weighted by molar-refractivity contribution is 7.89. The molecule has 1 saturated heterocycles. The van der Waals surface area contributed by atoms with Crippen molar-refractivity contribution in [2.45, 2.75) is 44.0 Å². The van der Waals surface area contributed by atoms with Gasteiger partial charge < -0.3 is 5.32 Å². The number of nitrogens with one attached hydrogen (secondary N) is 3. The first-order valence-electron chi connectivity index (χ1n) is 6.25. The number of hydrogen-bond acceptors (Lipinski definition) is 4. The smallest absolute Gasteiger partial charge is 0.244 e. The highest BCUT2D eigenvalue weighted by atomic mass is 32.2. The molecule has 0 aliphatic carbocycles. The molecule has 1 aliphatic heterocycles. The Morgan fingerprint density at radius 1 is 1.33 bits per heavy atom. The molecule has 0 amide bonds. The lowest BCUT2D eigenvalue weighted by Gasteiger charge is -2.16. The van der Waals surface area contributed by atoms with E-state index in [0.29, 0.717) is 17.9 Å². The van der Waals surface area contributed by atoms with Crippen LogP contribution in [0.2, 0.25) is 0 Å². The number of nitrogens with zero attached hydrogens (tertiary/aromatic N) is 1.